The summed E-state index contributed by atoms with van der Waals surface area (Å²) in [6.45, 7) is 2.08. The Bertz CT molecular complexity index is 347. The quantitative estimate of drug-likeness (QED) is 0.713. The van der Waals surface area contributed by atoms with Gasteiger partial charge in [0.25, 0.3) is 0 Å². The van der Waals surface area contributed by atoms with Crippen molar-refractivity contribution < 1.29 is 5.11 Å². The number of nitrogens with two attached hydrogens (primary N) is 1. The molecule has 100 valence electrons. The van der Waals surface area contributed by atoms with E-state index in [9.17, 15) is 5.11 Å². The SMILES string of the molecule is C[C@@H](N)C1CCC([C@H](O)Nc2ccncc2)CC1. The lowest BCUT2D eigenvalue weighted by Gasteiger charge is -2.33. The maximum absolute atomic E-state index is 10.2. The largest absolute Gasteiger partial charge is 0.374 e. The van der Waals surface area contributed by atoms with Gasteiger partial charge in [0.15, 0.2) is 0 Å². The van der Waals surface area contributed by atoms with Crippen LogP contribution in [0.5, 0.6) is 0 Å². The summed E-state index contributed by atoms with van der Waals surface area (Å²) < 4.78 is 0. The summed E-state index contributed by atoms with van der Waals surface area (Å²) in [4.78, 5) is 3.96. The van der Waals surface area contributed by atoms with Crippen LogP contribution in [0.15, 0.2) is 24.5 Å². The molecule has 1 saturated carbocycles. The number of aromatic nitrogens is 1. The van der Waals surface area contributed by atoms with Gasteiger partial charge < -0.3 is 16.2 Å². The molecule has 1 aromatic rings. The van der Waals surface area contributed by atoms with E-state index in [1.54, 1.807) is 12.4 Å². The zero-order valence-corrected chi connectivity index (χ0v) is 10.9. The third-order valence-electron chi connectivity index (χ3n) is 4.00. The van der Waals surface area contributed by atoms with Crippen LogP contribution in [0.25, 0.3) is 0 Å². The molecule has 1 heterocycles. The van der Waals surface area contributed by atoms with Crippen LogP contribution in [0.4, 0.5) is 5.69 Å². The van der Waals surface area contributed by atoms with Crippen LogP contribution in [0.2, 0.25) is 0 Å². The second-order valence-corrected chi connectivity index (χ2v) is 5.36. The van der Waals surface area contributed by atoms with Gasteiger partial charge in [0.05, 0.1) is 0 Å². The molecule has 0 amide bonds. The molecule has 1 aliphatic rings. The fourth-order valence-corrected chi connectivity index (χ4v) is 2.72. The summed E-state index contributed by atoms with van der Waals surface area (Å²) in [6, 6.07) is 4.02. The molecule has 0 spiro atoms. The van der Waals surface area contributed by atoms with Gasteiger partial charge in [-0.25, -0.2) is 0 Å². The molecular weight excluding hydrogens is 226 g/mol. The van der Waals surface area contributed by atoms with Crippen molar-refractivity contribution in [3.63, 3.8) is 0 Å². The van der Waals surface area contributed by atoms with Crippen molar-refractivity contribution in [2.24, 2.45) is 17.6 Å². The summed E-state index contributed by atoms with van der Waals surface area (Å²) in [5, 5.41) is 13.3. The number of rotatable bonds is 4. The Morgan fingerprint density at radius 1 is 1.22 bits per heavy atom. The minimum atomic E-state index is -0.471. The molecule has 18 heavy (non-hydrogen) atoms. The van der Waals surface area contributed by atoms with Gasteiger partial charge in [0.1, 0.15) is 6.23 Å². The van der Waals surface area contributed by atoms with Gasteiger partial charge in [-0.1, -0.05) is 0 Å². The van der Waals surface area contributed by atoms with Gasteiger partial charge in [0.2, 0.25) is 0 Å². The van der Waals surface area contributed by atoms with Crippen molar-refractivity contribution in [2.45, 2.75) is 44.9 Å². The van der Waals surface area contributed by atoms with Gasteiger partial charge >= 0.3 is 0 Å². The summed E-state index contributed by atoms with van der Waals surface area (Å²) >= 11 is 0. The van der Waals surface area contributed by atoms with E-state index in [2.05, 4.69) is 17.2 Å². The molecule has 2 rings (SSSR count). The zero-order chi connectivity index (χ0) is 13.0. The number of nitrogens with one attached hydrogen (secondary N) is 1. The van der Waals surface area contributed by atoms with Crippen molar-refractivity contribution in [3.05, 3.63) is 24.5 Å². The second-order valence-electron chi connectivity index (χ2n) is 5.36. The van der Waals surface area contributed by atoms with Crippen molar-refractivity contribution in [2.75, 3.05) is 5.32 Å². The first-order chi connectivity index (χ1) is 8.66. The lowest BCUT2D eigenvalue weighted by Crippen LogP contribution is -2.36. The van der Waals surface area contributed by atoms with Crippen LogP contribution in [0.3, 0.4) is 0 Å². The molecule has 2 atom stereocenters. The smallest absolute Gasteiger partial charge is 0.127 e. The van der Waals surface area contributed by atoms with Crippen LogP contribution in [0.1, 0.15) is 32.6 Å². The monoisotopic (exact) mass is 249 g/mol. The molecule has 4 N–H and O–H groups in total. The minimum absolute atomic E-state index is 0.274. The van der Waals surface area contributed by atoms with Crippen LogP contribution in [-0.4, -0.2) is 22.4 Å². The molecule has 0 radical (unpaired) electrons. The fourth-order valence-electron chi connectivity index (χ4n) is 2.72. The molecular formula is C14H23N3O. The first-order valence-electron chi connectivity index (χ1n) is 6.77. The average molecular weight is 249 g/mol. The standard InChI is InChI=1S/C14H23N3O/c1-10(15)11-2-4-12(5-3-11)14(18)17-13-6-8-16-9-7-13/h6-12,14,18H,2-5,15H2,1H3,(H,16,17)/t10-,11?,12?,14+/m1/s1. The van der Waals surface area contributed by atoms with E-state index in [4.69, 9.17) is 5.73 Å². The van der Waals surface area contributed by atoms with Crippen molar-refractivity contribution in [1.82, 2.24) is 4.98 Å². The number of aliphatic hydroxyl groups excluding tert-OH is 1. The summed E-state index contributed by atoms with van der Waals surface area (Å²) in [6.07, 6.45) is 7.32. The van der Waals surface area contributed by atoms with E-state index in [0.717, 1.165) is 31.4 Å². The third-order valence-corrected chi connectivity index (χ3v) is 4.00. The van der Waals surface area contributed by atoms with Crippen LogP contribution in [-0.2, 0) is 0 Å². The highest BCUT2D eigenvalue weighted by Gasteiger charge is 2.27. The zero-order valence-electron chi connectivity index (χ0n) is 10.9. The first kappa shape index (κ1) is 13.3. The van der Waals surface area contributed by atoms with E-state index in [1.165, 1.54) is 0 Å². The van der Waals surface area contributed by atoms with Crippen LogP contribution in [0, 0.1) is 11.8 Å². The Labute approximate surface area is 109 Å². The highest BCUT2D eigenvalue weighted by atomic mass is 16.3. The van der Waals surface area contributed by atoms with Crippen molar-refractivity contribution in [1.29, 1.82) is 0 Å². The van der Waals surface area contributed by atoms with E-state index >= 15 is 0 Å². The van der Waals surface area contributed by atoms with Gasteiger partial charge in [-0.3, -0.25) is 4.98 Å². The number of hydrogen-bond acceptors (Lipinski definition) is 4. The highest BCUT2D eigenvalue weighted by molar-refractivity contribution is 5.41. The molecule has 0 unspecified atom stereocenters. The lowest BCUT2D eigenvalue weighted by atomic mass is 9.78. The van der Waals surface area contributed by atoms with Gasteiger partial charge in [0, 0.05) is 30.0 Å². The van der Waals surface area contributed by atoms with Gasteiger partial charge in [-0.2, -0.15) is 0 Å². The Morgan fingerprint density at radius 2 is 1.78 bits per heavy atom. The lowest BCUT2D eigenvalue weighted by molar-refractivity contribution is 0.0920. The maximum Gasteiger partial charge on any atom is 0.127 e. The number of pyridine rings is 1. The molecule has 0 aliphatic heterocycles. The molecule has 1 aliphatic carbocycles. The molecule has 0 saturated heterocycles. The number of hydrogen-bond donors (Lipinski definition) is 3. The summed E-state index contributed by atoms with van der Waals surface area (Å²) in [5.74, 6) is 0.947. The summed E-state index contributed by atoms with van der Waals surface area (Å²) in [7, 11) is 0. The third kappa shape index (κ3) is 3.43. The first-order valence-corrected chi connectivity index (χ1v) is 6.77. The highest BCUT2D eigenvalue weighted by Crippen LogP contribution is 2.32. The second kappa shape index (κ2) is 6.16. The maximum atomic E-state index is 10.2. The Balaban J connectivity index is 1.82. The van der Waals surface area contributed by atoms with Gasteiger partial charge in [-0.05, 0) is 50.7 Å². The molecule has 4 nitrogen and oxygen atoms in total. The normalized spacial score (nSPS) is 27.5. The molecule has 4 heteroatoms. The van der Waals surface area contributed by atoms with Gasteiger partial charge in [-0.15, -0.1) is 0 Å². The Morgan fingerprint density at radius 3 is 2.33 bits per heavy atom. The van der Waals surface area contributed by atoms with E-state index in [-0.39, 0.29) is 6.04 Å². The predicted octanol–water partition coefficient (Wildman–Crippen LogP) is 1.97. The number of anilines is 1. The molecule has 1 aromatic heterocycles. The number of nitrogens with zero attached hydrogens (tertiary/aromatic N) is 1. The fraction of sp³-hybridized carbons (Fsp3) is 0.643. The van der Waals surface area contributed by atoms with Crippen LogP contribution < -0.4 is 11.1 Å². The predicted molar refractivity (Wildman–Crippen MR) is 73.0 cm³/mol. The van der Waals surface area contributed by atoms with Crippen molar-refractivity contribution >= 4 is 5.69 Å². The average Bonchev–Trinajstić information content (AvgIpc) is 2.40. The molecule has 1 fully saturated rings. The molecule has 0 bridgehead atoms. The van der Waals surface area contributed by atoms with E-state index in [1.807, 2.05) is 12.1 Å². The van der Waals surface area contributed by atoms with E-state index < -0.39 is 6.23 Å². The van der Waals surface area contributed by atoms with E-state index in [0.29, 0.717) is 11.8 Å². The van der Waals surface area contributed by atoms with Crippen LogP contribution >= 0.6 is 0 Å². The topological polar surface area (TPSA) is 71.2 Å². The summed E-state index contributed by atoms with van der Waals surface area (Å²) in [5.41, 5.74) is 6.85. The minimum Gasteiger partial charge on any atom is -0.374 e. The molecule has 0 aromatic carbocycles. The van der Waals surface area contributed by atoms with Crippen molar-refractivity contribution in [3.8, 4) is 0 Å². The number of aliphatic hydroxyl groups is 1. The Kier molecular flexibility index (Phi) is 4.55. The Hall–Kier alpha value is -1.13.